The highest BCUT2D eigenvalue weighted by Gasteiger charge is 2.13. The lowest BCUT2D eigenvalue weighted by Gasteiger charge is -2.15. The van der Waals surface area contributed by atoms with Gasteiger partial charge in [0, 0.05) is 10.9 Å². The Labute approximate surface area is 123 Å². The van der Waals surface area contributed by atoms with Crippen molar-refractivity contribution in [2.75, 3.05) is 7.05 Å². The molecular weight excluding hydrogens is 252 g/mol. The summed E-state index contributed by atoms with van der Waals surface area (Å²) in [4.78, 5) is 5.77. The number of aryl methyl sites for hydroxylation is 1. The molecule has 19 heavy (non-hydrogen) atoms. The van der Waals surface area contributed by atoms with E-state index >= 15 is 0 Å². The molecule has 0 radical (unpaired) electrons. The Morgan fingerprint density at radius 3 is 2.26 bits per heavy atom. The molecule has 0 aliphatic rings. The van der Waals surface area contributed by atoms with Gasteiger partial charge >= 0.3 is 0 Å². The molecule has 0 aliphatic heterocycles. The van der Waals surface area contributed by atoms with Crippen LogP contribution < -0.4 is 5.32 Å². The van der Waals surface area contributed by atoms with Gasteiger partial charge in [0.1, 0.15) is 0 Å². The molecule has 0 saturated heterocycles. The van der Waals surface area contributed by atoms with Gasteiger partial charge < -0.3 is 5.32 Å². The molecule has 0 saturated carbocycles. The average Bonchev–Trinajstić information content (AvgIpc) is 2.83. The Morgan fingerprint density at radius 1 is 1.11 bits per heavy atom. The van der Waals surface area contributed by atoms with Crippen LogP contribution in [0.15, 0.2) is 5.51 Å². The van der Waals surface area contributed by atoms with Crippen molar-refractivity contribution in [2.45, 2.75) is 77.7 Å². The molecule has 1 heterocycles. The zero-order valence-corrected chi connectivity index (χ0v) is 13.7. The summed E-state index contributed by atoms with van der Waals surface area (Å²) in [5.41, 5.74) is 3.16. The monoisotopic (exact) mass is 282 g/mol. The van der Waals surface area contributed by atoms with Crippen LogP contribution in [0.5, 0.6) is 0 Å². The van der Waals surface area contributed by atoms with Crippen molar-refractivity contribution in [1.29, 1.82) is 0 Å². The van der Waals surface area contributed by atoms with Crippen LogP contribution in [0.25, 0.3) is 0 Å². The van der Waals surface area contributed by atoms with Crippen LogP contribution in [-0.4, -0.2) is 12.0 Å². The van der Waals surface area contributed by atoms with Crippen molar-refractivity contribution in [1.82, 2.24) is 10.3 Å². The van der Waals surface area contributed by atoms with E-state index in [0.29, 0.717) is 6.04 Å². The van der Waals surface area contributed by atoms with E-state index in [4.69, 9.17) is 0 Å². The molecule has 1 atom stereocenters. The van der Waals surface area contributed by atoms with E-state index in [1.807, 2.05) is 5.51 Å². The number of thiazole rings is 1. The average molecular weight is 282 g/mol. The van der Waals surface area contributed by atoms with E-state index in [2.05, 4.69) is 31.2 Å². The van der Waals surface area contributed by atoms with Crippen LogP contribution in [0, 0.1) is 6.92 Å². The van der Waals surface area contributed by atoms with E-state index in [9.17, 15) is 0 Å². The number of nitrogens with zero attached hydrogens (tertiary/aromatic N) is 1. The fraction of sp³-hybridized carbons (Fsp3) is 0.812. The van der Waals surface area contributed by atoms with E-state index in [-0.39, 0.29) is 0 Å². The Morgan fingerprint density at radius 2 is 1.74 bits per heavy atom. The molecule has 1 aromatic rings. The first-order valence-electron chi connectivity index (χ1n) is 7.86. The number of nitrogens with one attached hydrogen (secondary N) is 1. The van der Waals surface area contributed by atoms with Gasteiger partial charge in [0.15, 0.2) is 0 Å². The summed E-state index contributed by atoms with van der Waals surface area (Å²) in [5, 5.41) is 3.43. The standard InChI is InChI=1S/C16H30N2S/c1-4-5-6-7-8-9-10-11-12-15(17-3)16-14(2)18-13-19-16/h13,15,17H,4-12H2,1-3H3. The molecule has 2 nitrogen and oxygen atoms in total. The summed E-state index contributed by atoms with van der Waals surface area (Å²) >= 11 is 1.79. The van der Waals surface area contributed by atoms with Crippen molar-refractivity contribution in [3.8, 4) is 0 Å². The third-order valence-corrected chi connectivity index (χ3v) is 4.84. The number of hydrogen-bond donors (Lipinski definition) is 1. The summed E-state index contributed by atoms with van der Waals surface area (Å²) in [7, 11) is 2.06. The van der Waals surface area contributed by atoms with Crippen molar-refractivity contribution in [2.24, 2.45) is 0 Å². The number of hydrogen-bond acceptors (Lipinski definition) is 3. The zero-order chi connectivity index (χ0) is 13.9. The quantitative estimate of drug-likeness (QED) is 0.561. The topological polar surface area (TPSA) is 24.9 Å². The van der Waals surface area contributed by atoms with E-state index in [0.717, 1.165) is 0 Å². The molecule has 1 aromatic heterocycles. The van der Waals surface area contributed by atoms with E-state index in [1.165, 1.54) is 68.4 Å². The highest BCUT2D eigenvalue weighted by Crippen LogP contribution is 2.26. The maximum Gasteiger partial charge on any atom is 0.0798 e. The Hall–Kier alpha value is -0.410. The summed E-state index contributed by atoms with van der Waals surface area (Å²) in [6.45, 7) is 4.39. The Balaban J connectivity index is 2.09. The summed E-state index contributed by atoms with van der Waals surface area (Å²) in [6, 6.07) is 0.507. The second-order valence-corrected chi connectivity index (χ2v) is 6.29. The lowest BCUT2D eigenvalue weighted by atomic mass is 10.0. The molecule has 1 unspecified atom stereocenters. The van der Waals surface area contributed by atoms with Gasteiger partial charge in [-0.2, -0.15) is 0 Å². The first-order chi connectivity index (χ1) is 9.29. The third kappa shape index (κ3) is 6.53. The number of aromatic nitrogens is 1. The first-order valence-corrected chi connectivity index (χ1v) is 8.74. The molecule has 0 aromatic carbocycles. The minimum atomic E-state index is 0.507. The summed E-state index contributed by atoms with van der Waals surface area (Å²) < 4.78 is 0. The van der Waals surface area contributed by atoms with E-state index in [1.54, 1.807) is 11.3 Å². The summed E-state index contributed by atoms with van der Waals surface area (Å²) in [6.07, 6.45) is 12.4. The van der Waals surface area contributed by atoms with Gasteiger partial charge in [-0.3, -0.25) is 0 Å². The Bertz CT molecular complexity index is 322. The van der Waals surface area contributed by atoms with Gasteiger partial charge in [-0.05, 0) is 20.4 Å². The predicted octanol–water partition coefficient (Wildman–Crippen LogP) is 5.24. The van der Waals surface area contributed by atoms with Crippen molar-refractivity contribution < 1.29 is 0 Å². The molecule has 1 rings (SSSR count). The second-order valence-electron chi connectivity index (χ2n) is 5.41. The van der Waals surface area contributed by atoms with Gasteiger partial charge in [0.25, 0.3) is 0 Å². The molecule has 0 spiro atoms. The van der Waals surface area contributed by atoms with E-state index < -0.39 is 0 Å². The Kier molecular flexibility index (Phi) is 9.10. The van der Waals surface area contributed by atoms with Crippen LogP contribution in [-0.2, 0) is 0 Å². The molecule has 0 amide bonds. The van der Waals surface area contributed by atoms with Gasteiger partial charge in [-0.15, -0.1) is 11.3 Å². The number of unbranched alkanes of at least 4 members (excludes halogenated alkanes) is 7. The summed E-state index contributed by atoms with van der Waals surface area (Å²) in [5.74, 6) is 0. The lowest BCUT2D eigenvalue weighted by molar-refractivity contribution is 0.497. The molecule has 0 bridgehead atoms. The van der Waals surface area contributed by atoms with Gasteiger partial charge in [0.05, 0.1) is 11.2 Å². The van der Waals surface area contributed by atoms with Gasteiger partial charge in [-0.1, -0.05) is 58.3 Å². The fourth-order valence-corrected chi connectivity index (χ4v) is 3.48. The van der Waals surface area contributed by atoms with Crippen molar-refractivity contribution >= 4 is 11.3 Å². The van der Waals surface area contributed by atoms with Crippen LogP contribution in [0.4, 0.5) is 0 Å². The van der Waals surface area contributed by atoms with Gasteiger partial charge in [0.2, 0.25) is 0 Å². The molecular formula is C16H30N2S. The number of rotatable bonds is 11. The largest absolute Gasteiger partial charge is 0.312 e. The van der Waals surface area contributed by atoms with Crippen LogP contribution in [0.1, 0.15) is 81.3 Å². The molecule has 110 valence electrons. The highest BCUT2D eigenvalue weighted by molar-refractivity contribution is 7.09. The molecule has 1 N–H and O–H groups in total. The normalized spacial score (nSPS) is 12.8. The smallest absolute Gasteiger partial charge is 0.0798 e. The zero-order valence-electron chi connectivity index (χ0n) is 12.9. The van der Waals surface area contributed by atoms with Crippen LogP contribution in [0.2, 0.25) is 0 Å². The minimum Gasteiger partial charge on any atom is -0.312 e. The second kappa shape index (κ2) is 10.4. The predicted molar refractivity (Wildman–Crippen MR) is 85.9 cm³/mol. The lowest BCUT2D eigenvalue weighted by Crippen LogP contribution is -2.16. The first kappa shape index (κ1) is 16.6. The van der Waals surface area contributed by atoms with Gasteiger partial charge in [-0.25, -0.2) is 4.98 Å². The van der Waals surface area contributed by atoms with Crippen molar-refractivity contribution in [3.05, 3.63) is 16.1 Å². The SMILES string of the molecule is CCCCCCCCCCC(NC)c1scnc1C. The highest BCUT2D eigenvalue weighted by atomic mass is 32.1. The third-order valence-electron chi connectivity index (χ3n) is 3.79. The van der Waals surface area contributed by atoms with Crippen molar-refractivity contribution in [3.63, 3.8) is 0 Å². The molecule has 0 fully saturated rings. The molecule has 3 heteroatoms. The maximum atomic E-state index is 4.35. The maximum absolute atomic E-state index is 4.35. The fourth-order valence-electron chi connectivity index (χ4n) is 2.53. The van der Waals surface area contributed by atoms with Crippen LogP contribution in [0.3, 0.4) is 0 Å². The van der Waals surface area contributed by atoms with Crippen LogP contribution >= 0.6 is 11.3 Å². The minimum absolute atomic E-state index is 0.507. The molecule has 0 aliphatic carbocycles.